The Bertz CT molecular complexity index is 1170. The molecule has 33 heavy (non-hydrogen) atoms. The summed E-state index contributed by atoms with van der Waals surface area (Å²) in [6.45, 7) is 1.76. The first-order chi connectivity index (χ1) is 16.0. The van der Waals surface area contributed by atoms with Crippen LogP contribution in [-0.4, -0.2) is 24.0 Å². The third-order valence-electron chi connectivity index (χ3n) is 4.46. The maximum atomic E-state index is 12.3. The molecule has 3 rings (SSSR count). The van der Waals surface area contributed by atoms with Crippen LogP contribution in [-0.2, 0) is 9.59 Å². The minimum Gasteiger partial charge on any atom is -0.423 e. The number of rotatable bonds is 8. The average molecular weight is 441 g/mol. The van der Waals surface area contributed by atoms with Gasteiger partial charge in [0.25, 0.3) is 5.91 Å². The first kappa shape index (κ1) is 23.1. The van der Waals surface area contributed by atoms with Gasteiger partial charge in [0.05, 0.1) is 6.21 Å². The van der Waals surface area contributed by atoms with Gasteiger partial charge in [-0.25, -0.2) is 10.2 Å². The number of nitrogens with zero attached hydrogens (tertiary/aromatic N) is 1. The van der Waals surface area contributed by atoms with Crippen molar-refractivity contribution in [3.63, 3.8) is 0 Å². The molecule has 0 saturated heterocycles. The fourth-order valence-electron chi connectivity index (χ4n) is 2.73. The highest BCUT2D eigenvalue weighted by Crippen LogP contribution is 2.16. The number of nitrogens with one attached hydrogen (secondary N) is 2. The number of para-hydroxylation sites is 1. The van der Waals surface area contributed by atoms with Gasteiger partial charge in [0, 0.05) is 29.3 Å². The van der Waals surface area contributed by atoms with E-state index in [9.17, 15) is 14.4 Å². The lowest BCUT2D eigenvalue weighted by molar-refractivity contribution is -0.128. The fraction of sp³-hybridized carbons (Fsp3) is 0.0769. The number of hydrogen-bond donors (Lipinski definition) is 2. The zero-order chi connectivity index (χ0) is 23.5. The van der Waals surface area contributed by atoms with E-state index < -0.39 is 11.9 Å². The maximum Gasteiger partial charge on any atom is 0.336 e. The van der Waals surface area contributed by atoms with Gasteiger partial charge in [0.15, 0.2) is 0 Å². The minimum atomic E-state index is -0.529. The van der Waals surface area contributed by atoms with E-state index in [0.29, 0.717) is 29.0 Å². The van der Waals surface area contributed by atoms with Crippen molar-refractivity contribution in [1.82, 2.24) is 5.43 Å². The van der Waals surface area contributed by atoms with Crippen molar-refractivity contribution >= 4 is 35.8 Å². The van der Waals surface area contributed by atoms with E-state index in [2.05, 4.69) is 15.8 Å². The summed E-state index contributed by atoms with van der Waals surface area (Å²) in [7, 11) is 0. The van der Waals surface area contributed by atoms with Crippen molar-refractivity contribution in [3.05, 3.63) is 102 Å². The molecule has 0 aliphatic rings. The van der Waals surface area contributed by atoms with E-state index in [1.54, 1.807) is 61.5 Å². The Labute approximate surface area is 191 Å². The van der Waals surface area contributed by atoms with Gasteiger partial charge in [-0.1, -0.05) is 49.4 Å². The zero-order valence-corrected chi connectivity index (χ0v) is 18.0. The first-order valence-electron chi connectivity index (χ1n) is 10.3. The van der Waals surface area contributed by atoms with Crippen LogP contribution in [0.3, 0.4) is 0 Å². The van der Waals surface area contributed by atoms with Gasteiger partial charge in [0.2, 0.25) is 5.91 Å². The Kier molecular flexibility index (Phi) is 8.25. The SMILES string of the molecule is CCC(=O)Nc1ccc(C(=O)N/N=C\c2ccccc2OC(=O)/C=C/c2ccccc2)cc1. The number of benzene rings is 3. The van der Waals surface area contributed by atoms with Gasteiger partial charge >= 0.3 is 5.97 Å². The molecule has 0 saturated carbocycles. The number of carbonyl (C=O) groups is 3. The van der Waals surface area contributed by atoms with Crippen LogP contribution in [0, 0.1) is 0 Å². The number of anilines is 1. The van der Waals surface area contributed by atoms with Crippen LogP contribution in [0.5, 0.6) is 5.75 Å². The van der Waals surface area contributed by atoms with Gasteiger partial charge in [0.1, 0.15) is 5.75 Å². The molecule has 7 nitrogen and oxygen atoms in total. The summed E-state index contributed by atoms with van der Waals surface area (Å²) in [5, 5.41) is 6.68. The van der Waals surface area contributed by atoms with Crippen molar-refractivity contribution in [3.8, 4) is 5.75 Å². The Morgan fingerprint density at radius 1 is 0.909 bits per heavy atom. The molecule has 0 heterocycles. The molecule has 2 N–H and O–H groups in total. The topological polar surface area (TPSA) is 96.9 Å². The Morgan fingerprint density at radius 3 is 2.33 bits per heavy atom. The summed E-state index contributed by atoms with van der Waals surface area (Å²) in [6.07, 6.45) is 4.78. The van der Waals surface area contributed by atoms with E-state index in [0.717, 1.165) is 5.56 Å². The molecule has 7 heteroatoms. The second-order valence-electron chi connectivity index (χ2n) is 6.88. The van der Waals surface area contributed by atoms with E-state index >= 15 is 0 Å². The lowest BCUT2D eigenvalue weighted by Gasteiger charge is -2.06. The quantitative estimate of drug-likeness (QED) is 0.178. The van der Waals surface area contributed by atoms with Gasteiger partial charge in [-0.15, -0.1) is 0 Å². The van der Waals surface area contributed by atoms with E-state index in [1.807, 2.05) is 30.3 Å². The highest BCUT2D eigenvalue weighted by molar-refractivity contribution is 5.96. The second kappa shape index (κ2) is 11.8. The highest BCUT2D eigenvalue weighted by Gasteiger charge is 2.07. The molecule has 0 radical (unpaired) electrons. The van der Waals surface area contributed by atoms with E-state index in [-0.39, 0.29) is 5.91 Å². The molecule has 0 spiro atoms. The number of carbonyl (C=O) groups excluding carboxylic acids is 3. The van der Waals surface area contributed by atoms with Crippen molar-refractivity contribution in [2.45, 2.75) is 13.3 Å². The number of esters is 1. The number of ether oxygens (including phenoxy) is 1. The summed E-state index contributed by atoms with van der Waals surface area (Å²) in [6, 6.07) is 22.7. The Hall–Kier alpha value is -4.52. The molecule has 0 atom stereocenters. The standard InChI is InChI=1S/C26H23N3O4/c1-2-24(30)28-22-15-13-20(14-16-22)26(32)29-27-18-21-10-6-7-11-23(21)33-25(31)17-12-19-8-4-3-5-9-19/h3-18H,2H2,1H3,(H,28,30)(H,29,32)/b17-12+,27-18-. The molecule has 166 valence electrons. The molecule has 2 amide bonds. The van der Waals surface area contributed by atoms with Crippen molar-refractivity contribution in [2.24, 2.45) is 5.10 Å². The molecule has 3 aromatic rings. The van der Waals surface area contributed by atoms with Gasteiger partial charge in [-0.3, -0.25) is 9.59 Å². The summed E-state index contributed by atoms with van der Waals surface area (Å²) < 4.78 is 5.40. The van der Waals surface area contributed by atoms with Crippen LogP contribution in [0.15, 0.2) is 90.0 Å². The summed E-state index contributed by atoms with van der Waals surface area (Å²) in [5.74, 6) is -0.736. The Balaban J connectivity index is 1.59. The molecule has 0 unspecified atom stereocenters. The smallest absolute Gasteiger partial charge is 0.336 e. The highest BCUT2D eigenvalue weighted by atomic mass is 16.5. The molecule has 0 aliphatic heterocycles. The average Bonchev–Trinajstić information content (AvgIpc) is 2.84. The molecule has 0 bridgehead atoms. The third kappa shape index (κ3) is 7.29. The van der Waals surface area contributed by atoms with Crippen LogP contribution < -0.4 is 15.5 Å². The van der Waals surface area contributed by atoms with Crippen LogP contribution in [0.2, 0.25) is 0 Å². The lowest BCUT2D eigenvalue weighted by Crippen LogP contribution is -2.18. The van der Waals surface area contributed by atoms with E-state index in [4.69, 9.17) is 4.74 Å². The second-order valence-corrected chi connectivity index (χ2v) is 6.88. The molecule has 0 aromatic heterocycles. The van der Waals surface area contributed by atoms with Gasteiger partial charge < -0.3 is 10.1 Å². The molecular formula is C26H23N3O4. The zero-order valence-electron chi connectivity index (χ0n) is 18.0. The van der Waals surface area contributed by atoms with Crippen LogP contribution in [0.4, 0.5) is 5.69 Å². The summed E-state index contributed by atoms with van der Waals surface area (Å²) in [4.78, 5) is 35.9. The first-order valence-corrected chi connectivity index (χ1v) is 10.3. The van der Waals surface area contributed by atoms with Crippen molar-refractivity contribution < 1.29 is 19.1 Å². The van der Waals surface area contributed by atoms with Crippen LogP contribution >= 0.6 is 0 Å². The van der Waals surface area contributed by atoms with Gasteiger partial charge in [-0.05, 0) is 48.0 Å². The van der Waals surface area contributed by atoms with Crippen molar-refractivity contribution in [1.29, 1.82) is 0 Å². The lowest BCUT2D eigenvalue weighted by atomic mass is 10.2. The fourth-order valence-corrected chi connectivity index (χ4v) is 2.73. The summed E-state index contributed by atoms with van der Waals surface area (Å²) in [5.41, 5.74) is 4.83. The molecule has 0 fully saturated rings. The molecule has 0 aliphatic carbocycles. The monoisotopic (exact) mass is 441 g/mol. The number of hydrazone groups is 1. The molecular weight excluding hydrogens is 418 g/mol. The predicted octanol–water partition coefficient (Wildman–Crippen LogP) is 4.42. The number of hydrogen-bond acceptors (Lipinski definition) is 5. The maximum absolute atomic E-state index is 12.3. The van der Waals surface area contributed by atoms with E-state index in [1.165, 1.54) is 12.3 Å². The van der Waals surface area contributed by atoms with Crippen molar-refractivity contribution in [2.75, 3.05) is 5.32 Å². The number of amides is 2. The third-order valence-corrected chi connectivity index (χ3v) is 4.46. The van der Waals surface area contributed by atoms with Crippen LogP contribution in [0.1, 0.15) is 34.8 Å². The normalized spacial score (nSPS) is 10.8. The Morgan fingerprint density at radius 2 is 1.61 bits per heavy atom. The summed E-state index contributed by atoms with van der Waals surface area (Å²) >= 11 is 0. The largest absolute Gasteiger partial charge is 0.423 e. The predicted molar refractivity (Wildman–Crippen MR) is 128 cm³/mol. The van der Waals surface area contributed by atoms with Crippen LogP contribution in [0.25, 0.3) is 6.08 Å². The van der Waals surface area contributed by atoms with Gasteiger partial charge in [-0.2, -0.15) is 5.10 Å². The minimum absolute atomic E-state index is 0.105. The molecule has 3 aromatic carbocycles.